The zero-order valence-corrected chi connectivity index (χ0v) is 16.7. The number of hydrogen-bond acceptors (Lipinski definition) is 5. The van der Waals surface area contributed by atoms with Gasteiger partial charge in [-0.05, 0) is 23.6 Å². The molecule has 1 aromatic heterocycles. The molecule has 0 aliphatic heterocycles. The second kappa shape index (κ2) is 10.0. The zero-order chi connectivity index (χ0) is 18.9. The van der Waals surface area contributed by atoms with Crippen LogP contribution in [0.3, 0.4) is 0 Å². The Balaban J connectivity index is 1.79. The second-order valence-electron chi connectivity index (χ2n) is 5.86. The molecule has 27 heavy (non-hydrogen) atoms. The summed E-state index contributed by atoms with van der Waals surface area (Å²) in [6.45, 7) is 2.16. The van der Waals surface area contributed by atoms with Crippen LogP contribution < -0.4 is 5.32 Å². The number of amides is 1. The van der Waals surface area contributed by atoms with Crippen LogP contribution in [0.4, 0.5) is 5.13 Å². The number of carbonyl (C=O) groups is 1. The quantitative estimate of drug-likeness (QED) is 0.177. The van der Waals surface area contributed by atoms with E-state index in [1.54, 1.807) is 11.8 Å². The van der Waals surface area contributed by atoms with Crippen LogP contribution in [0, 0.1) is 0 Å². The Hall–Kier alpha value is -2.44. The predicted octanol–water partition coefficient (Wildman–Crippen LogP) is 5.61. The van der Waals surface area contributed by atoms with E-state index < -0.39 is 0 Å². The summed E-state index contributed by atoms with van der Waals surface area (Å²) in [4.78, 5) is 12.9. The van der Waals surface area contributed by atoms with Gasteiger partial charge in [0.05, 0.1) is 0 Å². The van der Waals surface area contributed by atoms with E-state index in [0.29, 0.717) is 10.7 Å². The highest BCUT2D eigenvalue weighted by Crippen LogP contribution is 2.27. The van der Waals surface area contributed by atoms with Crippen molar-refractivity contribution in [1.29, 1.82) is 0 Å². The van der Waals surface area contributed by atoms with Crippen molar-refractivity contribution in [3.05, 3.63) is 71.8 Å². The summed E-state index contributed by atoms with van der Waals surface area (Å²) in [6, 6.07) is 19.5. The van der Waals surface area contributed by atoms with E-state index in [-0.39, 0.29) is 5.91 Å². The van der Waals surface area contributed by atoms with E-state index in [1.807, 2.05) is 66.7 Å². The largest absolute Gasteiger partial charge is 0.296 e. The van der Waals surface area contributed by atoms with Crippen molar-refractivity contribution in [3.63, 3.8) is 0 Å². The average Bonchev–Trinajstić information content (AvgIpc) is 3.15. The van der Waals surface area contributed by atoms with Gasteiger partial charge >= 0.3 is 0 Å². The zero-order valence-electron chi connectivity index (χ0n) is 15.1. The second-order valence-corrected chi connectivity index (χ2v) is 8.18. The van der Waals surface area contributed by atoms with Gasteiger partial charge < -0.3 is 0 Å². The molecule has 1 N–H and O–H groups in total. The van der Waals surface area contributed by atoms with Gasteiger partial charge in [0.25, 0.3) is 5.91 Å². The van der Waals surface area contributed by atoms with Crippen LogP contribution in [0.15, 0.2) is 65.0 Å². The molecule has 6 heteroatoms. The molecule has 138 valence electrons. The van der Waals surface area contributed by atoms with Gasteiger partial charge in [0, 0.05) is 11.3 Å². The molecule has 3 aromatic rings. The highest BCUT2D eigenvalue weighted by atomic mass is 32.2. The number of unbranched alkanes of at least 4 members (excludes halogenated alkanes) is 1. The van der Waals surface area contributed by atoms with Gasteiger partial charge in [-0.1, -0.05) is 97.1 Å². The van der Waals surface area contributed by atoms with Crippen LogP contribution >= 0.6 is 23.1 Å². The van der Waals surface area contributed by atoms with Gasteiger partial charge in [0.1, 0.15) is 0 Å². The Labute approximate surface area is 167 Å². The molecule has 0 fully saturated rings. The Kier molecular flexibility index (Phi) is 7.19. The van der Waals surface area contributed by atoms with E-state index in [9.17, 15) is 4.79 Å². The van der Waals surface area contributed by atoms with Crippen molar-refractivity contribution >= 4 is 45.8 Å². The van der Waals surface area contributed by atoms with Crippen LogP contribution in [0.5, 0.6) is 0 Å². The third-order valence-electron chi connectivity index (χ3n) is 3.79. The van der Waals surface area contributed by atoms with Crippen LogP contribution in [-0.4, -0.2) is 21.9 Å². The monoisotopic (exact) mass is 395 g/mol. The molecule has 4 nitrogen and oxygen atoms in total. The van der Waals surface area contributed by atoms with Crippen LogP contribution in [0.1, 0.15) is 30.9 Å². The Morgan fingerprint density at radius 3 is 2.48 bits per heavy atom. The maximum Gasteiger partial charge on any atom is 0.258 e. The molecule has 0 bridgehead atoms. The topological polar surface area (TPSA) is 54.9 Å². The molecule has 0 radical (unpaired) electrons. The summed E-state index contributed by atoms with van der Waals surface area (Å²) < 4.78 is 0.882. The van der Waals surface area contributed by atoms with Gasteiger partial charge in [-0.15, -0.1) is 10.2 Å². The van der Waals surface area contributed by atoms with Crippen molar-refractivity contribution in [2.45, 2.75) is 24.1 Å². The van der Waals surface area contributed by atoms with Gasteiger partial charge in [-0.25, -0.2) is 0 Å². The third-order valence-corrected chi connectivity index (χ3v) is 5.85. The lowest BCUT2D eigenvalue weighted by Crippen LogP contribution is -2.13. The average molecular weight is 396 g/mol. The standard InChI is InChI=1S/C21H21N3OS2/c1-2-3-14-26-21-24-23-20(27-21)22-19(25)18(17-12-8-5-9-13-17)15-16-10-6-4-7-11-16/h4-13,15H,2-3,14H2,1H3,(H,22,23,25)/b18-15+. The van der Waals surface area contributed by atoms with Crippen molar-refractivity contribution in [1.82, 2.24) is 10.2 Å². The molecule has 3 rings (SSSR count). The van der Waals surface area contributed by atoms with E-state index >= 15 is 0 Å². The molecule has 0 atom stereocenters. The maximum absolute atomic E-state index is 12.9. The van der Waals surface area contributed by atoms with Crippen molar-refractivity contribution in [3.8, 4) is 0 Å². The van der Waals surface area contributed by atoms with E-state index in [1.165, 1.54) is 11.3 Å². The number of nitrogens with zero attached hydrogens (tertiary/aromatic N) is 2. The SMILES string of the molecule is CCCCSc1nnc(NC(=O)/C(=C/c2ccccc2)c2ccccc2)s1. The maximum atomic E-state index is 12.9. The molecule has 0 saturated heterocycles. The number of aromatic nitrogens is 2. The van der Waals surface area contributed by atoms with E-state index in [0.717, 1.165) is 34.1 Å². The summed E-state index contributed by atoms with van der Waals surface area (Å²) in [6.07, 6.45) is 4.19. The number of nitrogens with one attached hydrogen (secondary N) is 1. The molecule has 1 heterocycles. The number of hydrogen-bond donors (Lipinski definition) is 1. The van der Waals surface area contributed by atoms with Gasteiger partial charge in [0.2, 0.25) is 5.13 Å². The lowest BCUT2D eigenvalue weighted by molar-refractivity contribution is -0.111. The van der Waals surface area contributed by atoms with Crippen LogP contribution in [0.25, 0.3) is 11.6 Å². The first-order valence-corrected chi connectivity index (χ1v) is 10.7. The lowest BCUT2D eigenvalue weighted by atomic mass is 10.0. The Morgan fingerprint density at radius 2 is 1.78 bits per heavy atom. The summed E-state index contributed by atoms with van der Waals surface area (Å²) in [7, 11) is 0. The fourth-order valence-electron chi connectivity index (χ4n) is 2.40. The van der Waals surface area contributed by atoms with Crippen LogP contribution in [-0.2, 0) is 4.79 Å². The van der Waals surface area contributed by atoms with E-state index in [4.69, 9.17) is 0 Å². The smallest absolute Gasteiger partial charge is 0.258 e. The number of benzene rings is 2. The summed E-state index contributed by atoms with van der Waals surface area (Å²) in [5.41, 5.74) is 2.43. The molecule has 1 amide bonds. The van der Waals surface area contributed by atoms with Gasteiger partial charge in [-0.2, -0.15) is 0 Å². The van der Waals surface area contributed by atoms with Crippen molar-refractivity contribution in [2.75, 3.05) is 11.1 Å². The predicted molar refractivity (Wildman–Crippen MR) is 115 cm³/mol. The molecule has 2 aromatic carbocycles. The minimum Gasteiger partial charge on any atom is -0.296 e. The van der Waals surface area contributed by atoms with Gasteiger partial charge in [-0.3, -0.25) is 10.1 Å². The number of rotatable bonds is 8. The van der Waals surface area contributed by atoms with E-state index in [2.05, 4.69) is 22.4 Å². The lowest BCUT2D eigenvalue weighted by Gasteiger charge is -2.07. The summed E-state index contributed by atoms with van der Waals surface area (Å²) in [5, 5.41) is 11.7. The van der Waals surface area contributed by atoms with Crippen molar-refractivity contribution in [2.24, 2.45) is 0 Å². The summed E-state index contributed by atoms with van der Waals surface area (Å²) in [5.74, 6) is 0.828. The normalized spacial score (nSPS) is 11.4. The summed E-state index contributed by atoms with van der Waals surface area (Å²) >= 11 is 3.09. The molecule has 0 aliphatic carbocycles. The molecule has 0 spiro atoms. The molecule has 0 saturated carbocycles. The number of carbonyl (C=O) groups excluding carboxylic acids is 1. The minimum absolute atomic E-state index is 0.189. The molecule has 0 aliphatic rings. The first kappa shape index (κ1) is 19.3. The molecular weight excluding hydrogens is 374 g/mol. The highest BCUT2D eigenvalue weighted by Gasteiger charge is 2.15. The fourth-order valence-corrected chi connectivity index (χ4v) is 4.30. The number of thioether (sulfide) groups is 1. The molecular formula is C21H21N3OS2. The third kappa shape index (κ3) is 5.77. The molecule has 0 unspecified atom stereocenters. The first-order chi connectivity index (χ1) is 13.3. The van der Waals surface area contributed by atoms with Gasteiger partial charge in [0.15, 0.2) is 4.34 Å². The Bertz CT molecular complexity index is 892. The minimum atomic E-state index is -0.189. The highest BCUT2D eigenvalue weighted by molar-refractivity contribution is 8.01. The first-order valence-electron chi connectivity index (χ1n) is 8.86. The Morgan fingerprint density at radius 1 is 1.07 bits per heavy atom. The number of anilines is 1. The van der Waals surface area contributed by atoms with Crippen molar-refractivity contribution < 1.29 is 4.79 Å². The fraction of sp³-hybridized carbons (Fsp3) is 0.190. The van der Waals surface area contributed by atoms with Crippen LogP contribution in [0.2, 0.25) is 0 Å².